The zero-order chi connectivity index (χ0) is 26.6. The van der Waals surface area contributed by atoms with E-state index in [0.717, 1.165) is 11.3 Å². The number of nitrogens with one attached hydrogen (secondary N) is 3. The molecule has 2 heterocycles. The van der Waals surface area contributed by atoms with Gasteiger partial charge < -0.3 is 20.3 Å². The Morgan fingerprint density at radius 3 is 2.38 bits per heavy atom. The highest BCUT2D eigenvalue weighted by Gasteiger charge is 2.22. The van der Waals surface area contributed by atoms with Crippen LogP contribution in [0.15, 0.2) is 59.6 Å². The highest BCUT2D eigenvalue weighted by Crippen LogP contribution is 2.24. The van der Waals surface area contributed by atoms with E-state index in [-0.39, 0.29) is 10.8 Å². The normalized spacial score (nSPS) is 14.3. The van der Waals surface area contributed by atoms with Crippen LogP contribution in [0.5, 0.6) is 0 Å². The fourth-order valence-electron chi connectivity index (χ4n) is 3.74. The fraction of sp³-hybridized carbons (Fsp3) is 0.346. The Balaban J connectivity index is 1.47. The summed E-state index contributed by atoms with van der Waals surface area (Å²) in [4.78, 5) is 23.5. The zero-order valence-corrected chi connectivity index (χ0v) is 22.2. The Labute approximate surface area is 217 Å². The van der Waals surface area contributed by atoms with Gasteiger partial charge in [-0.05, 0) is 70.2 Å². The Bertz CT molecular complexity index is 1360. The number of rotatable bonds is 7. The molecular weight excluding hydrogens is 492 g/mol. The smallest absolute Gasteiger partial charge is 0.254 e. The molecule has 0 aliphatic carbocycles. The van der Waals surface area contributed by atoms with E-state index < -0.39 is 15.6 Å². The van der Waals surface area contributed by atoms with Gasteiger partial charge in [0.05, 0.1) is 18.1 Å². The maximum atomic E-state index is 12.7. The summed E-state index contributed by atoms with van der Waals surface area (Å²) >= 11 is 0. The molecule has 0 radical (unpaired) electrons. The van der Waals surface area contributed by atoms with Gasteiger partial charge in [-0.1, -0.05) is 6.07 Å². The maximum absolute atomic E-state index is 12.7. The lowest BCUT2D eigenvalue weighted by Gasteiger charge is -2.26. The monoisotopic (exact) mass is 524 g/mol. The second-order valence-electron chi connectivity index (χ2n) is 9.84. The molecule has 10 nitrogen and oxygen atoms in total. The van der Waals surface area contributed by atoms with Crippen LogP contribution in [0.25, 0.3) is 0 Å². The second-order valence-corrected chi connectivity index (χ2v) is 11.5. The number of sulfonamides is 1. The summed E-state index contributed by atoms with van der Waals surface area (Å²) in [5.74, 6) is 0.878. The summed E-state index contributed by atoms with van der Waals surface area (Å²) in [6.45, 7) is 9.53. The van der Waals surface area contributed by atoms with Gasteiger partial charge in [-0.3, -0.25) is 4.79 Å². The molecule has 1 fully saturated rings. The molecule has 4 rings (SSSR count). The first-order valence-corrected chi connectivity index (χ1v) is 13.5. The molecule has 0 spiro atoms. The van der Waals surface area contributed by atoms with Crippen LogP contribution in [0.4, 0.5) is 23.1 Å². The summed E-state index contributed by atoms with van der Waals surface area (Å²) in [6, 6.07) is 13.7. The van der Waals surface area contributed by atoms with E-state index in [2.05, 4.69) is 25.3 Å². The summed E-state index contributed by atoms with van der Waals surface area (Å²) in [7, 11) is -3.68. The number of ether oxygens (including phenoxy) is 1. The number of hydrogen-bond acceptors (Lipinski definition) is 8. The second kappa shape index (κ2) is 10.8. The van der Waals surface area contributed by atoms with Gasteiger partial charge in [0, 0.05) is 47.3 Å². The van der Waals surface area contributed by atoms with E-state index in [1.807, 2.05) is 6.92 Å². The van der Waals surface area contributed by atoms with Crippen molar-refractivity contribution in [2.45, 2.75) is 38.1 Å². The molecule has 0 unspecified atom stereocenters. The third-order valence-electron chi connectivity index (χ3n) is 5.51. The fourth-order valence-corrected chi connectivity index (χ4v) is 5.21. The molecule has 196 valence electrons. The van der Waals surface area contributed by atoms with Gasteiger partial charge in [0.1, 0.15) is 5.82 Å². The summed E-state index contributed by atoms with van der Waals surface area (Å²) < 4.78 is 33.4. The lowest BCUT2D eigenvalue weighted by Crippen LogP contribution is -2.40. The van der Waals surface area contributed by atoms with Crippen LogP contribution in [0.1, 0.15) is 36.7 Å². The van der Waals surface area contributed by atoms with Crippen molar-refractivity contribution in [1.29, 1.82) is 0 Å². The average Bonchev–Trinajstić information content (AvgIpc) is 2.85. The minimum absolute atomic E-state index is 0.0186. The minimum atomic E-state index is -3.68. The summed E-state index contributed by atoms with van der Waals surface area (Å²) in [6.07, 6.45) is 1.68. The van der Waals surface area contributed by atoms with Gasteiger partial charge >= 0.3 is 0 Å². The first-order valence-electron chi connectivity index (χ1n) is 12.0. The van der Waals surface area contributed by atoms with E-state index in [9.17, 15) is 13.2 Å². The predicted octanol–water partition coefficient (Wildman–Crippen LogP) is 3.82. The van der Waals surface area contributed by atoms with E-state index in [4.69, 9.17) is 4.74 Å². The van der Waals surface area contributed by atoms with Crippen LogP contribution in [0, 0.1) is 6.92 Å². The molecule has 11 heteroatoms. The van der Waals surface area contributed by atoms with Gasteiger partial charge in [0.2, 0.25) is 16.0 Å². The van der Waals surface area contributed by atoms with Gasteiger partial charge in [-0.15, -0.1) is 0 Å². The number of amides is 1. The first-order chi connectivity index (χ1) is 17.5. The molecular formula is C26H32N6O4S. The zero-order valence-electron chi connectivity index (χ0n) is 21.4. The van der Waals surface area contributed by atoms with Crippen LogP contribution in [-0.4, -0.2) is 61.0 Å². The van der Waals surface area contributed by atoms with Crippen LogP contribution in [0.2, 0.25) is 0 Å². The Morgan fingerprint density at radius 2 is 1.70 bits per heavy atom. The molecule has 0 bridgehead atoms. The van der Waals surface area contributed by atoms with Crippen molar-refractivity contribution >= 4 is 39.1 Å². The SMILES string of the molecule is Cc1cnc(Nc2ccc(C(=O)N3CCOCC3)cc2)nc1Nc1cccc(S(=O)(=O)NC(C)(C)C)c1. The van der Waals surface area contributed by atoms with Gasteiger partial charge in [-0.2, -0.15) is 4.98 Å². The van der Waals surface area contributed by atoms with E-state index in [1.165, 1.54) is 0 Å². The maximum Gasteiger partial charge on any atom is 0.254 e. The summed E-state index contributed by atoms with van der Waals surface area (Å²) in [5.41, 5.74) is 2.11. The molecule has 1 saturated heterocycles. The lowest BCUT2D eigenvalue weighted by atomic mass is 10.1. The number of nitrogens with zero attached hydrogens (tertiary/aromatic N) is 3. The first kappa shape index (κ1) is 26.5. The third kappa shape index (κ3) is 7.03. The molecule has 1 amide bonds. The molecule has 1 aromatic heterocycles. The number of aryl methyl sites for hydroxylation is 1. The molecule has 0 saturated carbocycles. The quantitative estimate of drug-likeness (QED) is 0.426. The van der Waals surface area contributed by atoms with Crippen LogP contribution in [-0.2, 0) is 14.8 Å². The van der Waals surface area contributed by atoms with Crippen LogP contribution in [0.3, 0.4) is 0 Å². The minimum Gasteiger partial charge on any atom is -0.378 e. The number of aromatic nitrogens is 2. The Hall–Kier alpha value is -3.54. The van der Waals surface area contributed by atoms with Crippen molar-refractivity contribution in [3.63, 3.8) is 0 Å². The average molecular weight is 525 g/mol. The molecule has 1 aliphatic rings. The van der Waals surface area contributed by atoms with Gasteiger partial charge in [0.25, 0.3) is 5.91 Å². The number of hydrogen-bond donors (Lipinski definition) is 3. The van der Waals surface area contributed by atoms with Crippen molar-refractivity contribution in [2.75, 3.05) is 36.9 Å². The Morgan fingerprint density at radius 1 is 1.00 bits per heavy atom. The van der Waals surface area contributed by atoms with Crippen molar-refractivity contribution in [1.82, 2.24) is 19.6 Å². The molecule has 3 N–H and O–H groups in total. The number of anilines is 4. The van der Waals surface area contributed by atoms with Crippen LogP contribution >= 0.6 is 0 Å². The topological polar surface area (TPSA) is 126 Å². The molecule has 1 aliphatic heterocycles. The molecule has 3 aromatic rings. The molecule has 37 heavy (non-hydrogen) atoms. The molecule has 2 aromatic carbocycles. The number of carbonyl (C=O) groups is 1. The standard InChI is InChI=1S/C26H32N6O4S/c1-18-17-27-25(29-20-10-8-19(9-11-20)24(33)32-12-14-36-15-13-32)30-23(18)28-21-6-5-7-22(16-21)37(34,35)31-26(2,3)4/h5-11,16-17,31H,12-15H2,1-4H3,(H2,27,28,29,30). The van der Waals surface area contributed by atoms with Crippen molar-refractivity contribution in [3.8, 4) is 0 Å². The van der Waals surface area contributed by atoms with Crippen LogP contribution < -0.4 is 15.4 Å². The highest BCUT2D eigenvalue weighted by atomic mass is 32.2. The third-order valence-corrected chi connectivity index (χ3v) is 7.26. The van der Waals surface area contributed by atoms with Crippen molar-refractivity contribution in [2.24, 2.45) is 0 Å². The predicted molar refractivity (Wildman–Crippen MR) is 143 cm³/mol. The largest absolute Gasteiger partial charge is 0.378 e. The lowest BCUT2D eigenvalue weighted by molar-refractivity contribution is 0.0303. The summed E-state index contributed by atoms with van der Waals surface area (Å²) in [5, 5.41) is 6.34. The van der Waals surface area contributed by atoms with E-state index in [1.54, 1.807) is 80.4 Å². The van der Waals surface area contributed by atoms with Crippen molar-refractivity contribution < 1.29 is 17.9 Å². The van der Waals surface area contributed by atoms with Crippen molar-refractivity contribution in [3.05, 3.63) is 65.9 Å². The highest BCUT2D eigenvalue weighted by molar-refractivity contribution is 7.89. The Kier molecular flexibility index (Phi) is 7.76. The van der Waals surface area contributed by atoms with Gasteiger partial charge in [0.15, 0.2) is 0 Å². The number of benzene rings is 2. The number of morpholine rings is 1. The molecule has 0 atom stereocenters. The van der Waals surface area contributed by atoms with Gasteiger partial charge in [-0.25, -0.2) is 18.1 Å². The number of carbonyl (C=O) groups excluding carboxylic acids is 1. The van der Waals surface area contributed by atoms with E-state index in [0.29, 0.717) is 49.3 Å². The van der Waals surface area contributed by atoms with E-state index >= 15 is 0 Å².